The van der Waals surface area contributed by atoms with Crippen LogP contribution in [0, 0.1) is 0 Å². The number of halogens is 3. The van der Waals surface area contributed by atoms with E-state index >= 15 is 0 Å². The number of anilines is 1. The lowest BCUT2D eigenvalue weighted by Crippen LogP contribution is -2.49. The maximum Gasteiger partial charge on any atom is 0.417 e. The van der Waals surface area contributed by atoms with Gasteiger partial charge in [-0.05, 0) is 23.6 Å². The minimum atomic E-state index is -4.43. The average Bonchev–Trinajstić information content (AvgIpc) is 3.30. The van der Waals surface area contributed by atoms with Crippen molar-refractivity contribution in [2.24, 2.45) is 0 Å². The molecule has 0 atom stereocenters. The van der Waals surface area contributed by atoms with Gasteiger partial charge in [-0.3, -0.25) is 9.20 Å². The fraction of sp³-hybridized carbons (Fsp3) is 0.312. The van der Waals surface area contributed by atoms with Gasteiger partial charge in [0.05, 0.1) is 10.4 Å². The van der Waals surface area contributed by atoms with Crippen LogP contribution in [0.1, 0.15) is 15.2 Å². The van der Waals surface area contributed by atoms with Crippen LogP contribution in [0.5, 0.6) is 0 Å². The van der Waals surface area contributed by atoms with Crippen molar-refractivity contribution in [3.05, 3.63) is 46.3 Å². The van der Waals surface area contributed by atoms with Gasteiger partial charge in [-0.1, -0.05) is 6.07 Å². The minimum absolute atomic E-state index is 0.0230. The highest BCUT2D eigenvalue weighted by molar-refractivity contribution is 7.12. The standard InChI is InChI=1S/C16H14F3N5OS/c17-16(18,19)11-3-4-13-20-21-15(24(13)10-11)23-7-5-22(6-8-23)14(25)12-2-1-9-26-12/h1-4,9-10H,5-8H2. The molecule has 3 aromatic heterocycles. The van der Waals surface area contributed by atoms with Crippen molar-refractivity contribution in [1.82, 2.24) is 19.5 Å². The Labute approximate surface area is 150 Å². The lowest BCUT2D eigenvalue weighted by atomic mass is 10.2. The molecule has 0 bridgehead atoms. The molecule has 136 valence electrons. The number of hydrogen-bond acceptors (Lipinski definition) is 5. The Balaban J connectivity index is 1.53. The number of rotatable bonds is 2. The number of carbonyl (C=O) groups excluding carboxylic acids is 1. The zero-order valence-electron chi connectivity index (χ0n) is 13.5. The summed E-state index contributed by atoms with van der Waals surface area (Å²) in [5.41, 5.74) is -0.400. The maximum atomic E-state index is 13.0. The minimum Gasteiger partial charge on any atom is -0.337 e. The van der Waals surface area contributed by atoms with E-state index in [9.17, 15) is 18.0 Å². The second-order valence-corrected chi connectivity index (χ2v) is 6.85. The Hall–Kier alpha value is -2.62. The summed E-state index contributed by atoms with van der Waals surface area (Å²) in [6.45, 7) is 1.91. The average molecular weight is 381 g/mol. The first-order valence-corrected chi connectivity index (χ1v) is 8.81. The summed E-state index contributed by atoms with van der Waals surface area (Å²) >= 11 is 1.39. The van der Waals surface area contributed by atoms with E-state index in [0.29, 0.717) is 42.7 Å². The van der Waals surface area contributed by atoms with Crippen LogP contribution in [0.25, 0.3) is 5.65 Å². The molecule has 26 heavy (non-hydrogen) atoms. The number of aromatic nitrogens is 3. The number of alkyl halides is 3. The summed E-state index contributed by atoms with van der Waals surface area (Å²) in [6.07, 6.45) is -3.42. The third-order valence-electron chi connectivity index (χ3n) is 4.29. The molecule has 0 aliphatic carbocycles. The summed E-state index contributed by atoms with van der Waals surface area (Å²) in [7, 11) is 0. The van der Waals surface area contributed by atoms with E-state index in [1.165, 1.54) is 21.8 Å². The summed E-state index contributed by atoms with van der Waals surface area (Å²) in [5.74, 6) is 0.333. The van der Waals surface area contributed by atoms with Crippen LogP contribution in [0.15, 0.2) is 35.8 Å². The molecule has 0 N–H and O–H groups in total. The van der Waals surface area contributed by atoms with E-state index in [4.69, 9.17) is 0 Å². The number of pyridine rings is 1. The van der Waals surface area contributed by atoms with Crippen molar-refractivity contribution in [2.75, 3.05) is 31.1 Å². The largest absolute Gasteiger partial charge is 0.417 e. The van der Waals surface area contributed by atoms with Gasteiger partial charge in [0, 0.05) is 32.4 Å². The van der Waals surface area contributed by atoms with Gasteiger partial charge in [0.1, 0.15) is 0 Å². The summed E-state index contributed by atoms with van der Waals surface area (Å²) in [5, 5.41) is 9.82. The van der Waals surface area contributed by atoms with Crippen LogP contribution in [-0.2, 0) is 6.18 Å². The number of fused-ring (bicyclic) bond motifs is 1. The Kier molecular flexibility index (Phi) is 4.06. The number of carbonyl (C=O) groups is 1. The van der Waals surface area contributed by atoms with E-state index in [1.807, 2.05) is 16.3 Å². The smallest absolute Gasteiger partial charge is 0.337 e. The normalized spacial score (nSPS) is 15.7. The molecule has 1 aliphatic rings. The predicted molar refractivity (Wildman–Crippen MR) is 90.4 cm³/mol. The van der Waals surface area contributed by atoms with Crippen molar-refractivity contribution < 1.29 is 18.0 Å². The zero-order valence-corrected chi connectivity index (χ0v) is 14.3. The van der Waals surface area contributed by atoms with Crippen LogP contribution in [0.3, 0.4) is 0 Å². The molecule has 1 aliphatic heterocycles. The summed E-state index contributed by atoms with van der Waals surface area (Å²) in [4.78, 5) is 16.7. The van der Waals surface area contributed by atoms with Gasteiger partial charge in [0.15, 0.2) is 5.65 Å². The molecular weight excluding hydrogens is 367 g/mol. The van der Waals surface area contributed by atoms with Crippen molar-refractivity contribution in [3.8, 4) is 0 Å². The SMILES string of the molecule is O=C(c1cccs1)N1CCN(c2nnc3ccc(C(F)(F)F)cn23)CC1. The first-order chi connectivity index (χ1) is 12.4. The van der Waals surface area contributed by atoms with E-state index in [1.54, 1.807) is 11.0 Å². The molecule has 0 aromatic carbocycles. The molecule has 1 saturated heterocycles. The summed E-state index contributed by atoms with van der Waals surface area (Å²) < 4.78 is 40.2. The Morgan fingerprint density at radius 1 is 1.08 bits per heavy atom. The molecular formula is C16H14F3N5OS. The number of thiophene rings is 1. The molecule has 1 fully saturated rings. The monoisotopic (exact) mass is 381 g/mol. The van der Waals surface area contributed by atoms with Crippen molar-refractivity contribution in [2.45, 2.75) is 6.18 Å². The van der Waals surface area contributed by atoms with Crippen molar-refractivity contribution >= 4 is 28.8 Å². The van der Waals surface area contributed by atoms with Gasteiger partial charge in [-0.25, -0.2) is 0 Å². The Bertz CT molecular complexity index is 929. The Morgan fingerprint density at radius 2 is 1.85 bits per heavy atom. The third kappa shape index (κ3) is 3.00. The van der Waals surface area contributed by atoms with E-state index in [2.05, 4.69) is 10.2 Å². The third-order valence-corrected chi connectivity index (χ3v) is 5.15. The Morgan fingerprint density at radius 3 is 2.50 bits per heavy atom. The van der Waals surface area contributed by atoms with E-state index in [-0.39, 0.29) is 5.91 Å². The highest BCUT2D eigenvalue weighted by Crippen LogP contribution is 2.30. The highest BCUT2D eigenvalue weighted by atomic mass is 32.1. The first-order valence-electron chi connectivity index (χ1n) is 7.93. The van der Waals surface area contributed by atoms with Crippen LogP contribution in [0.2, 0.25) is 0 Å². The first kappa shape index (κ1) is 16.8. The highest BCUT2D eigenvalue weighted by Gasteiger charge is 2.32. The molecule has 10 heteroatoms. The maximum absolute atomic E-state index is 13.0. The van der Waals surface area contributed by atoms with Crippen LogP contribution >= 0.6 is 11.3 Å². The fourth-order valence-electron chi connectivity index (χ4n) is 2.93. The van der Waals surface area contributed by atoms with Gasteiger partial charge in [-0.15, -0.1) is 21.5 Å². The fourth-order valence-corrected chi connectivity index (χ4v) is 3.62. The van der Waals surface area contributed by atoms with Crippen molar-refractivity contribution in [1.29, 1.82) is 0 Å². The lowest BCUT2D eigenvalue weighted by molar-refractivity contribution is -0.137. The van der Waals surface area contributed by atoms with Crippen LogP contribution in [0.4, 0.5) is 19.1 Å². The lowest BCUT2D eigenvalue weighted by Gasteiger charge is -2.34. The topological polar surface area (TPSA) is 53.7 Å². The van der Waals surface area contributed by atoms with Crippen molar-refractivity contribution in [3.63, 3.8) is 0 Å². The molecule has 0 radical (unpaired) electrons. The van der Waals surface area contributed by atoms with Crippen LogP contribution in [-0.4, -0.2) is 51.6 Å². The van der Waals surface area contributed by atoms with Gasteiger partial charge >= 0.3 is 6.18 Å². The molecule has 3 aromatic rings. The molecule has 4 heterocycles. The molecule has 6 nitrogen and oxygen atoms in total. The van der Waals surface area contributed by atoms with Gasteiger partial charge in [0.2, 0.25) is 5.95 Å². The second kappa shape index (κ2) is 6.27. The number of hydrogen-bond donors (Lipinski definition) is 0. The van der Waals surface area contributed by atoms with Gasteiger partial charge < -0.3 is 9.80 Å². The number of amides is 1. The molecule has 0 saturated carbocycles. The summed E-state index contributed by atoms with van der Waals surface area (Å²) in [6, 6.07) is 5.90. The zero-order chi connectivity index (χ0) is 18.3. The second-order valence-electron chi connectivity index (χ2n) is 5.90. The molecule has 0 spiro atoms. The molecule has 4 rings (SSSR count). The quantitative estimate of drug-likeness (QED) is 0.685. The number of piperazine rings is 1. The predicted octanol–water partition coefficient (Wildman–Crippen LogP) is 2.77. The van der Waals surface area contributed by atoms with Gasteiger partial charge in [0.25, 0.3) is 5.91 Å². The van der Waals surface area contributed by atoms with Gasteiger partial charge in [-0.2, -0.15) is 13.2 Å². The molecule has 1 amide bonds. The number of nitrogens with zero attached hydrogens (tertiary/aromatic N) is 5. The molecule has 0 unspecified atom stereocenters. The van der Waals surface area contributed by atoms with Crippen LogP contribution < -0.4 is 4.90 Å². The van der Waals surface area contributed by atoms with E-state index in [0.717, 1.165) is 12.3 Å². The van der Waals surface area contributed by atoms with E-state index < -0.39 is 11.7 Å².